The van der Waals surface area contributed by atoms with Crippen molar-refractivity contribution in [2.75, 3.05) is 0 Å². The molecule has 272 valence electrons. The van der Waals surface area contributed by atoms with Gasteiger partial charge in [0.15, 0.2) is 5.82 Å². The summed E-state index contributed by atoms with van der Waals surface area (Å²) in [5.74, 6) is 1.42. The summed E-state index contributed by atoms with van der Waals surface area (Å²) >= 11 is 3.54. The van der Waals surface area contributed by atoms with Crippen LogP contribution in [0.15, 0.2) is 168 Å². The van der Waals surface area contributed by atoms with Crippen molar-refractivity contribution < 1.29 is 4.42 Å². The molecule has 57 heavy (non-hydrogen) atoms. The number of nitrogens with zero attached hydrogens (tertiary/aromatic N) is 3. The summed E-state index contributed by atoms with van der Waals surface area (Å²) in [7, 11) is 0. The van der Waals surface area contributed by atoms with E-state index in [4.69, 9.17) is 19.4 Å². The lowest BCUT2D eigenvalue weighted by Gasteiger charge is -2.14. The first kappa shape index (κ1) is 34.7. The van der Waals surface area contributed by atoms with Gasteiger partial charge in [0.05, 0.1) is 27.3 Å². The van der Waals surface area contributed by atoms with Gasteiger partial charge in [-0.05, 0) is 73.5 Å². The third-order valence-corrected chi connectivity index (χ3v) is 12.9. The van der Waals surface area contributed by atoms with Crippen LogP contribution in [-0.4, -0.2) is 15.7 Å². The van der Waals surface area contributed by atoms with Crippen LogP contribution in [-0.2, 0) is 0 Å². The molecule has 4 aromatic heterocycles. The monoisotopic (exact) mass is 769 g/mol. The highest BCUT2D eigenvalue weighted by Gasteiger charge is 2.19. The normalized spacial score (nSPS) is 14.7. The average Bonchev–Trinajstić information content (AvgIpc) is 3.94. The first-order valence-electron chi connectivity index (χ1n) is 18.8. The van der Waals surface area contributed by atoms with Gasteiger partial charge in [0.25, 0.3) is 0 Å². The summed E-state index contributed by atoms with van der Waals surface area (Å²) in [4.78, 5) is 15.6. The summed E-state index contributed by atoms with van der Waals surface area (Å²) in [6.07, 6.45) is 14.1. The zero-order chi connectivity index (χ0) is 38.6. The molecule has 1 aliphatic carbocycles. The second kappa shape index (κ2) is 14.1. The van der Waals surface area contributed by atoms with Crippen LogP contribution in [0.1, 0.15) is 36.3 Å². The van der Waals surface area contributed by atoms with E-state index < -0.39 is 0 Å². The molecule has 10 rings (SSSR count). The lowest BCUT2D eigenvalue weighted by molar-refractivity contribution is 0.603. The highest BCUT2D eigenvalue weighted by Crippen LogP contribution is 2.41. The van der Waals surface area contributed by atoms with Crippen LogP contribution in [0.25, 0.3) is 97.5 Å². The lowest BCUT2D eigenvalue weighted by Crippen LogP contribution is -2.03. The number of aromatic nitrogens is 2. The van der Waals surface area contributed by atoms with E-state index in [-0.39, 0.29) is 0 Å². The molecule has 1 aliphatic rings. The van der Waals surface area contributed by atoms with Crippen molar-refractivity contribution >= 4 is 103 Å². The number of rotatable bonds is 7. The van der Waals surface area contributed by atoms with Crippen molar-refractivity contribution in [3.63, 3.8) is 0 Å². The van der Waals surface area contributed by atoms with Crippen LogP contribution >= 0.6 is 22.7 Å². The largest absolute Gasteiger partial charge is 0.456 e. The van der Waals surface area contributed by atoms with E-state index >= 15 is 0 Å². The second-order valence-corrected chi connectivity index (χ2v) is 16.2. The third-order valence-electron chi connectivity index (χ3n) is 10.6. The van der Waals surface area contributed by atoms with Crippen LogP contribution in [0.4, 0.5) is 0 Å². The topological polar surface area (TPSA) is 51.3 Å². The van der Waals surface area contributed by atoms with Gasteiger partial charge in [-0.25, -0.2) is 15.0 Å². The molecule has 0 spiro atoms. The highest BCUT2D eigenvalue weighted by atomic mass is 32.1. The standard InChI is InChI=1S/C51H35N3OS2/c1-5-13-37-41-28-35(25-27-44(41)55-43(37)6-2)51-53-48(50-49(54-51)40-16-9-12-19-46(40)57-50)33-22-20-32(21-23-33)30(3)36-14-7-10-17-42(36)52-31(4)34-24-26-39-38-15-8-11-18-45(38)56-47(39)29-34/h5-29H,2,4H2,1,3H3/b13-5-,36-30+,52-42?. The molecule has 6 heteroatoms. The molecule has 4 nitrogen and oxygen atoms in total. The Morgan fingerprint density at radius 3 is 2.25 bits per heavy atom. The Labute approximate surface area is 338 Å². The SMILES string of the molecule is C=Cc1oc2ccc(-c3nc(-c4ccc(/C(C)=C5\C=CC=CC5=NC(=C)c5ccc6c(c5)sc5ccccc56)cc4)c4sc5ccccc5c4n3)cc2c1/C=C\C. The number of thiophene rings is 2. The van der Waals surface area contributed by atoms with Crippen LogP contribution < -0.4 is 0 Å². The van der Waals surface area contributed by atoms with Crippen molar-refractivity contribution in [2.45, 2.75) is 13.8 Å². The summed E-state index contributed by atoms with van der Waals surface area (Å²) in [6.45, 7) is 12.5. The first-order valence-corrected chi connectivity index (χ1v) is 20.5. The Bertz CT molecular complexity index is 3290. The van der Waals surface area contributed by atoms with Crippen molar-refractivity contribution in [1.29, 1.82) is 0 Å². The molecular formula is C51H35N3OS2. The molecule has 4 heterocycles. The van der Waals surface area contributed by atoms with E-state index in [0.717, 1.165) is 88.4 Å². The smallest absolute Gasteiger partial charge is 0.160 e. The zero-order valence-corrected chi connectivity index (χ0v) is 33.0. The molecule has 0 radical (unpaired) electrons. The number of hydrogen-bond acceptors (Lipinski definition) is 6. The van der Waals surface area contributed by atoms with E-state index in [9.17, 15) is 0 Å². The van der Waals surface area contributed by atoms with Gasteiger partial charge in [-0.2, -0.15) is 0 Å². The molecule has 0 unspecified atom stereocenters. The quantitative estimate of drug-likeness (QED) is 0.162. The Hall–Kier alpha value is -6.73. The molecule has 0 amide bonds. The van der Waals surface area contributed by atoms with E-state index in [1.807, 2.05) is 31.2 Å². The van der Waals surface area contributed by atoms with E-state index in [1.54, 1.807) is 28.7 Å². The van der Waals surface area contributed by atoms with Crippen molar-refractivity contribution in [3.8, 4) is 22.6 Å². The van der Waals surface area contributed by atoms with Crippen molar-refractivity contribution in [2.24, 2.45) is 4.99 Å². The van der Waals surface area contributed by atoms with Gasteiger partial charge in [-0.3, -0.25) is 0 Å². The fraction of sp³-hybridized carbons (Fsp3) is 0.0392. The summed E-state index contributed by atoms with van der Waals surface area (Å²) in [5.41, 5.74) is 11.6. The number of benzene rings is 5. The molecule has 0 atom stereocenters. The van der Waals surface area contributed by atoms with Crippen molar-refractivity contribution in [1.82, 2.24) is 9.97 Å². The van der Waals surface area contributed by atoms with Crippen LogP contribution in [0.5, 0.6) is 0 Å². The first-order chi connectivity index (χ1) is 28.0. The predicted octanol–water partition coefficient (Wildman–Crippen LogP) is 15.0. The molecule has 0 N–H and O–H groups in total. The molecule has 0 saturated heterocycles. The minimum atomic E-state index is 0.671. The Morgan fingerprint density at radius 2 is 1.44 bits per heavy atom. The summed E-state index contributed by atoms with van der Waals surface area (Å²) in [5, 5.41) is 4.68. The van der Waals surface area contributed by atoms with Gasteiger partial charge < -0.3 is 4.42 Å². The fourth-order valence-corrected chi connectivity index (χ4v) is 10.0. The van der Waals surface area contributed by atoms with E-state index in [0.29, 0.717) is 5.82 Å². The van der Waals surface area contributed by atoms with Gasteiger partial charge in [-0.15, -0.1) is 22.7 Å². The van der Waals surface area contributed by atoms with Crippen LogP contribution in [0.2, 0.25) is 0 Å². The number of furan rings is 1. The molecule has 0 saturated carbocycles. The van der Waals surface area contributed by atoms with Crippen LogP contribution in [0, 0.1) is 0 Å². The maximum absolute atomic E-state index is 6.11. The van der Waals surface area contributed by atoms with Crippen molar-refractivity contribution in [3.05, 3.63) is 181 Å². The van der Waals surface area contributed by atoms with Gasteiger partial charge in [0.1, 0.15) is 11.3 Å². The molecule has 0 aliphatic heterocycles. The molecule has 0 fully saturated rings. The number of fused-ring (bicyclic) bond motifs is 7. The summed E-state index contributed by atoms with van der Waals surface area (Å²) < 4.78 is 10.9. The minimum Gasteiger partial charge on any atom is -0.456 e. The fourth-order valence-electron chi connectivity index (χ4n) is 7.72. The Morgan fingerprint density at radius 1 is 0.719 bits per heavy atom. The maximum atomic E-state index is 6.11. The van der Waals surface area contributed by atoms with E-state index in [1.165, 1.54) is 24.9 Å². The van der Waals surface area contributed by atoms with Gasteiger partial charge in [-0.1, -0.05) is 116 Å². The van der Waals surface area contributed by atoms with Gasteiger partial charge in [0, 0.05) is 63.5 Å². The lowest BCUT2D eigenvalue weighted by atomic mass is 9.94. The molecule has 9 aromatic rings. The number of allylic oxidation sites excluding steroid dienone is 7. The number of aliphatic imine (C=N–C) groups is 1. The van der Waals surface area contributed by atoms with Crippen LogP contribution in [0.3, 0.4) is 0 Å². The summed E-state index contributed by atoms with van der Waals surface area (Å²) in [6, 6.07) is 38.4. The molecule has 0 bridgehead atoms. The Kier molecular flexibility index (Phi) is 8.59. The maximum Gasteiger partial charge on any atom is 0.160 e. The predicted molar refractivity (Wildman–Crippen MR) is 247 cm³/mol. The van der Waals surface area contributed by atoms with E-state index in [2.05, 4.69) is 141 Å². The second-order valence-electron chi connectivity index (χ2n) is 14.1. The molecular weight excluding hydrogens is 735 g/mol. The average molecular weight is 770 g/mol. The zero-order valence-electron chi connectivity index (χ0n) is 31.4. The number of hydrogen-bond donors (Lipinski definition) is 0. The highest BCUT2D eigenvalue weighted by molar-refractivity contribution is 7.26. The minimum absolute atomic E-state index is 0.671. The van der Waals surface area contributed by atoms with Gasteiger partial charge >= 0.3 is 0 Å². The van der Waals surface area contributed by atoms with Gasteiger partial charge in [0.2, 0.25) is 0 Å². The third kappa shape index (κ3) is 6.02. The Balaban J connectivity index is 1.03. The molecule has 5 aromatic carbocycles.